The number of hydrogen-bond acceptors (Lipinski definition) is 3. The Balaban J connectivity index is 0. The van der Waals surface area contributed by atoms with Crippen molar-refractivity contribution in [1.29, 1.82) is 5.41 Å². The molecule has 0 fully saturated rings. The van der Waals surface area contributed by atoms with Crippen molar-refractivity contribution < 1.29 is 10.3 Å². The summed E-state index contributed by atoms with van der Waals surface area (Å²) >= 11 is 0. The van der Waals surface area contributed by atoms with Gasteiger partial charge in [-0.1, -0.05) is 0 Å². The molecule has 0 atom stereocenters. The van der Waals surface area contributed by atoms with Gasteiger partial charge in [0.15, 0.2) is 0 Å². The van der Waals surface area contributed by atoms with Crippen molar-refractivity contribution in [1.82, 2.24) is 0 Å². The molecule has 0 heterocycles. The van der Waals surface area contributed by atoms with Gasteiger partial charge >= 0.3 is 0 Å². The van der Waals surface area contributed by atoms with E-state index in [0.717, 1.165) is 0 Å². The zero-order valence-electron chi connectivity index (χ0n) is 3.79. The SMILES string of the molecule is CC=N.O=[N+]([O-])O. The Bertz CT molecular complexity index is 58.0. The highest BCUT2D eigenvalue weighted by Crippen LogP contribution is 1.38. The van der Waals surface area contributed by atoms with E-state index in [1.807, 2.05) is 0 Å². The summed E-state index contributed by atoms with van der Waals surface area (Å²) in [6, 6.07) is 0. The smallest absolute Gasteiger partial charge is 0.291 e. The van der Waals surface area contributed by atoms with Gasteiger partial charge in [-0.3, -0.25) is 0 Å². The van der Waals surface area contributed by atoms with Crippen LogP contribution in [0.5, 0.6) is 0 Å². The van der Waals surface area contributed by atoms with Crippen molar-refractivity contribution in [2.24, 2.45) is 0 Å². The molecule has 0 unspecified atom stereocenters. The summed E-state index contributed by atoms with van der Waals surface area (Å²) in [6.07, 6.45) is 1.25. The van der Waals surface area contributed by atoms with Gasteiger partial charge in [-0.25, -0.2) is 0 Å². The van der Waals surface area contributed by atoms with Gasteiger partial charge in [-0.05, 0) is 13.1 Å². The van der Waals surface area contributed by atoms with Crippen LogP contribution in [0.1, 0.15) is 6.92 Å². The molecule has 7 heavy (non-hydrogen) atoms. The maximum atomic E-state index is 8.36. The van der Waals surface area contributed by atoms with Crippen LogP contribution in [-0.2, 0) is 0 Å². The van der Waals surface area contributed by atoms with E-state index < -0.39 is 5.09 Å². The molecule has 0 saturated carbocycles. The fourth-order valence-electron chi connectivity index (χ4n) is 0. The molecular formula is C2H6N2O3. The van der Waals surface area contributed by atoms with Crippen LogP contribution in [-0.4, -0.2) is 16.5 Å². The Morgan fingerprint density at radius 3 is 2.00 bits per heavy atom. The molecule has 0 aliphatic rings. The molecule has 0 spiro atoms. The minimum Gasteiger partial charge on any atom is -0.328 e. The summed E-state index contributed by atoms with van der Waals surface area (Å²) < 4.78 is 0. The minimum absolute atomic E-state index is 1.25. The van der Waals surface area contributed by atoms with Gasteiger partial charge in [0, 0.05) is 0 Å². The first kappa shape index (κ1) is 9.30. The van der Waals surface area contributed by atoms with E-state index in [1.54, 1.807) is 6.92 Å². The highest BCUT2D eigenvalue weighted by Gasteiger charge is 1.65. The van der Waals surface area contributed by atoms with Crippen LogP contribution in [0, 0.1) is 15.5 Å². The minimum atomic E-state index is -1.50. The normalized spacial score (nSPS) is 5.29. The predicted octanol–water partition coefficient (Wildman–Crippen LogP) is 0.308. The number of nitrogens with one attached hydrogen (secondary N) is 1. The van der Waals surface area contributed by atoms with Crippen LogP contribution in [0.4, 0.5) is 0 Å². The molecule has 0 radical (unpaired) electrons. The lowest BCUT2D eigenvalue weighted by Gasteiger charge is -1.56. The van der Waals surface area contributed by atoms with Gasteiger partial charge in [-0.2, -0.15) is 0 Å². The van der Waals surface area contributed by atoms with Crippen molar-refractivity contribution in [3.63, 3.8) is 0 Å². The molecule has 0 rings (SSSR count). The number of hydrogen-bond donors (Lipinski definition) is 2. The van der Waals surface area contributed by atoms with Crippen molar-refractivity contribution in [2.45, 2.75) is 6.92 Å². The predicted molar refractivity (Wildman–Crippen MR) is 23.2 cm³/mol. The quantitative estimate of drug-likeness (QED) is 0.264. The first-order chi connectivity index (χ1) is 3.15. The third kappa shape index (κ3) is 31.4. The van der Waals surface area contributed by atoms with Crippen LogP contribution in [0.2, 0.25) is 0 Å². The maximum Gasteiger partial charge on any atom is 0.291 e. The second-order valence-electron chi connectivity index (χ2n) is 0.527. The standard InChI is InChI=1S/C2H5N.HNO3/c1-2-3;2-1(3)4/h2-3H,1H3;(H,2,3,4). The Hall–Kier alpha value is -1.13. The molecule has 0 bridgehead atoms. The lowest BCUT2D eigenvalue weighted by Crippen LogP contribution is -1.81. The van der Waals surface area contributed by atoms with Crippen LogP contribution in [0.25, 0.3) is 0 Å². The molecule has 0 aromatic heterocycles. The first-order valence-corrected chi connectivity index (χ1v) is 1.43. The van der Waals surface area contributed by atoms with Crippen molar-refractivity contribution in [2.75, 3.05) is 0 Å². The Morgan fingerprint density at radius 1 is 2.00 bits per heavy atom. The van der Waals surface area contributed by atoms with Gasteiger partial charge in [-0.15, -0.1) is 10.1 Å². The fraction of sp³-hybridized carbons (Fsp3) is 0.500. The topological polar surface area (TPSA) is 87.2 Å². The largest absolute Gasteiger partial charge is 0.328 e. The van der Waals surface area contributed by atoms with Crippen molar-refractivity contribution in [3.05, 3.63) is 10.1 Å². The first-order valence-electron chi connectivity index (χ1n) is 1.43. The lowest BCUT2D eigenvalue weighted by molar-refractivity contribution is -0.742. The molecule has 0 amide bonds. The Morgan fingerprint density at radius 2 is 2.00 bits per heavy atom. The van der Waals surface area contributed by atoms with Gasteiger partial charge in [0.1, 0.15) is 0 Å². The van der Waals surface area contributed by atoms with E-state index in [-0.39, 0.29) is 0 Å². The summed E-state index contributed by atoms with van der Waals surface area (Å²) in [5.41, 5.74) is 0. The summed E-state index contributed by atoms with van der Waals surface area (Å²) in [4.78, 5) is 8.36. The second kappa shape index (κ2) is 8.85. The molecule has 5 nitrogen and oxygen atoms in total. The van der Waals surface area contributed by atoms with Gasteiger partial charge in [0.25, 0.3) is 5.09 Å². The zero-order chi connectivity index (χ0) is 6.28. The summed E-state index contributed by atoms with van der Waals surface area (Å²) in [5.74, 6) is 0. The number of rotatable bonds is 0. The molecule has 0 aliphatic carbocycles. The van der Waals surface area contributed by atoms with Crippen molar-refractivity contribution in [3.8, 4) is 0 Å². The summed E-state index contributed by atoms with van der Waals surface area (Å²) in [7, 11) is 0. The highest BCUT2D eigenvalue weighted by molar-refractivity contribution is 5.48. The second-order valence-corrected chi connectivity index (χ2v) is 0.527. The molecule has 0 aromatic carbocycles. The van der Waals surface area contributed by atoms with E-state index >= 15 is 0 Å². The van der Waals surface area contributed by atoms with Crippen LogP contribution >= 0.6 is 0 Å². The molecule has 0 aliphatic heterocycles. The summed E-state index contributed by atoms with van der Waals surface area (Å²) in [5, 5.41) is 19.7. The van der Waals surface area contributed by atoms with Gasteiger partial charge < -0.3 is 10.6 Å². The van der Waals surface area contributed by atoms with Gasteiger partial charge in [0.05, 0.1) is 0 Å². The monoisotopic (exact) mass is 106 g/mol. The van der Waals surface area contributed by atoms with E-state index in [4.69, 9.17) is 20.7 Å². The molecule has 5 heteroatoms. The fourth-order valence-corrected chi connectivity index (χ4v) is 0. The average molecular weight is 106 g/mol. The van der Waals surface area contributed by atoms with Crippen LogP contribution in [0.15, 0.2) is 0 Å². The van der Waals surface area contributed by atoms with Crippen LogP contribution < -0.4 is 0 Å². The lowest BCUT2D eigenvalue weighted by atomic mass is 10.9. The Kier molecular flexibility index (Phi) is 11.8. The molecule has 0 aromatic rings. The van der Waals surface area contributed by atoms with E-state index in [9.17, 15) is 0 Å². The third-order valence-corrected chi connectivity index (χ3v) is 0. The molecule has 0 saturated heterocycles. The Labute approximate surface area is 40.2 Å². The zero-order valence-corrected chi connectivity index (χ0v) is 3.79. The van der Waals surface area contributed by atoms with E-state index in [1.165, 1.54) is 6.21 Å². The summed E-state index contributed by atoms with van der Waals surface area (Å²) in [6.45, 7) is 1.67. The van der Waals surface area contributed by atoms with Crippen molar-refractivity contribution >= 4 is 6.21 Å². The average Bonchev–Trinajstić information content (AvgIpc) is 1.33. The molecule has 2 N–H and O–H groups in total. The molecule has 42 valence electrons. The highest BCUT2D eigenvalue weighted by atomic mass is 16.9. The van der Waals surface area contributed by atoms with E-state index in [2.05, 4.69) is 0 Å². The van der Waals surface area contributed by atoms with Gasteiger partial charge in [0.2, 0.25) is 0 Å². The maximum absolute atomic E-state index is 8.36. The number of nitrogens with zero attached hydrogens (tertiary/aromatic N) is 1. The third-order valence-electron chi connectivity index (χ3n) is 0. The van der Waals surface area contributed by atoms with E-state index in [0.29, 0.717) is 0 Å². The van der Waals surface area contributed by atoms with Crippen LogP contribution in [0.3, 0.4) is 0 Å². The molecular weight excluding hydrogens is 100 g/mol.